The quantitative estimate of drug-likeness (QED) is 0.587. The Balaban J connectivity index is 3.13. The van der Waals surface area contributed by atoms with Crippen molar-refractivity contribution in [1.29, 1.82) is 0 Å². The maximum atomic E-state index is 11.2. The van der Waals surface area contributed by atoms with Gasteiger partial charge in [-0.05, 0) is 24.9 Å². The van der Waals surface area contributed by atoms with Crippen molar-refractivity contribution in [2.45, 2.75) is 0 Å². The first-order chi connectivity index (χ1) is 6.72. The number of rotatable bonds is 3. The molecule has 0 aromatic heterocycles. The molecule has 0 saturated heterocycles. The zero-order chi connectivity index (χ0) is 10.6. The van der Waals surface area contributed by atoms with Crippen molar-refractivity contribution in [2.75, 3.05) is 19.5 Å². The van der Waals surface area contributed by atoms with Gasteiger partial charge in [-0.2, -0.15) is 0 Å². The lowest BCUT2D eigenvalue weighted by Crippen LogP contribution is -2.01. The SMILES string of the molecule is C=Nc1cc(C(=O)OC)ccc1NC. The van der Waals surface area contributed by atoms with Gasteiger partial charge in [-0.15, -0.1) is 0 Å². The van der Waals surface area contributed by atoms with Crippen molar-refractivity contribution in [2.24, 2.45) is 4.99 Å². The van der Waals surface area contributed by atoms with Gasteiger partial charge in [0.1, 0.15) is 0 Å². The number of ether oxygens (including phenoxy) is 1. The van der Waals surface area contributed by atoms with Gasteiger partial charge in [0.05, 0.1) is 24.0 Å². The molecule has 0 saturated carbocycles. The maximum Gasteiger partial charge on any atom is 0.337 e. The normalized spacial score (nSPS) is 9.29. The second kappa shape index (κ2) is 4.41. The van der Waals surface area contributed by atoms with Crippen molar-refractivity contribution in [3.05, 3.63) is 23.8 Å². The van der Waals surface area contributed by atoms with Crippen LogP contribution in [0.3, 0.4) is 0 Å². The van der Waals surface area contributed by atoms with E-state index < -0.39 is 0 Å². The molecule has 1 aromatic rings. The van der Waals surface area contributed by atoms with Crippen LogP contribution in [-0.4, -0.2) is 26.8 Å². The Labute approximate surface area is 82.6 Å². The Hall–Kier alpha value is -1.84. The molecule has 1 rings (SSSR count). The fourth-order valence-corrected chi connectivity index (χ4v) is 1.12. The molecule has 0 heterocycles. The third kappa shape index (κ3) is 1.90. The zero-order valence-electron chi connectivity index (χ0n) is 8.20. The highest BCUT2D eigenvalue weighted by atomic mass is 16.5. The summed E-state index contributed by atoms with van der Waals surface area (Å²) in [6.45, 7) is 3.42. The standard InChI is InChI=1S/C10H12N2O2/c1-11-8-5-4-7(10(13)14-3)6-9(8)12-2/h4-6,11H,2H2,1,3H3. The van der Waals surface area contributed by atoms with Crippen molar-refractivity contribution < 1.29 is 9.53 Å². The smallest absolute Gasteiger partial charge is 0.337 e. The van der Waals surface area contributed by atoms with E-state index in [1.54, 1.807) is 25.2 Å². The van der Waals surface area contributed by atoms with Crippen LogP contribution in [0, 0.1) is 0 Å². The fourth-order valence-electron chi connectivity index (χ4n) is 1.12. The minimum atomic E-state index is -0.377. The van der Waals surface area contributed by atoms with Gasteiger partial charge in [-0.3, -0.25) is 4.99 Å². The van der Waals surface area contributed by atoms with Crippen LogP contribution in [0.1, 0.15) is 10.4 Å². The molecule has 0 bridgehead atoms. The molecule has 0 radical (unpaired) electrons. The van der Waals surface area contributed by atoms with Gasteiger partial charge in [-0.25, -0.2) is 4.79 Å². The first-order valence-corrected chi connectivity index (χ1v) is 4.09. The van der Waals surface area contributed by atoms with Gasteiger partial charge in [0, 0.05) is 7.05 Å². The van der Waals surface area contributed by atoms with E-state index in [9.17, 15) is 4.79 Å². The molecule has 1 N–H and O–H groups in total. The molecular weight excluding hydrogens is 180 g/mol. The van der Waals surface area contributed by atoms with Crippen molar-refractivity contribution in [1.82, 2.24) is 0 Å². The molecule has 1 aromatic carbocycles. The van der Waals surface area contributed by atoms with Crippen LogP contribution in [0.2, 0.25) is 0 Å². The molecule has 0 aliphatic heterocycles. The molecule has 4 heteroatoms. The van der Waals surface area contributed by atoms with E-state index in [0.717, 1.165) is 5.69 Å². The molecule has 4 nitrogen and oxygen atoms in total. The van der Waals surface area contributed by atoms with Gasteiger partial charge in [-0.1, -0.05) is 0 Å². The maximum absolute atomic E-state index is 11.2. The van der Waals surface area contributed by atoms with E-state index in [1.807, 2.05) is 0 Å². The number of esters is 1. The number of methoxy groups -OCH3 is 1. The average Bonchev–Trinajstić information content (AvgIpc) is 2.26. The fraction of sp³-hybridized carbons (Fsp3) is 0.200. The van der Waals surface area contributed by atoms with Gasteiger partial charge in [0.2, 0.25) is 0 Å². The molecule has 0 fully saturated rings. The molecule has 14 heavy (non-hydrogen) atoms. The Morgan fingerprint density at radius 2 is 2.29 bits per heavy atom. The molecule has 0 unspecified atom stereocenters. The topological polar surface area (TPSA) is 50.7 Å². The second-order valence-electron chi connectivity index (χ2n) is 2.63. The summed E-state index contributed by atoms with van der Waals surface area (Å²) >= 11 is 0. The van der Waals surface area contributed by atoms with E-state index in [4.69, 9.17) is 0 Å². The first-order valence-electron chi connectivity index (χ1n) is 4.09. The number of carbonyl (C=O) groups excluding carboxylic acids is 1. The summed E-state index contributed by atoms with van der Waals surface area (Å²) in [5, 5.41) is 2.94. The minimum absolute atomic E-state index is 0.377. The van der Waals surface area contributed by atoms with E-state index in [2.05, 4.69) is 21.8 Å². The molecule has 74 valence electrons. The summed E-state index contributed by atoms with van der Waals surface area (Å²) in [6, 6.07) is 5.06. The summed E-state index contributed by atoms with van der Waals surface area (Å²) < 4.78 is 4.59. The van der Waals surface area contributed by atoms with Crippen LogP contribution in [0.5, 0.6) is 0 Å². The van der Waals surface area contributed by atoms with Crippen LogP contribution < -0.4 is 5.32 Å². The Morgan fingerprint density at radius 3 is 2.79 bits per heavy atom. The molecular formula is C10H12N2O2. The zero-order valence-corrected chi connectivity index (χ0v) is 8.20. The highest BCUT2D eigenvalue weighted by Crippen LogP contribution is 2.25. The summed E-state index contributed by atoms with van der Waals surface area (Å²) in [4.78, 5) is 15.0. The number of hydrogen-bond acceptors (Lipinski definition) is 4. The number of anilines is 1. The number of benzene rings is 1. The molecule has 0 aliphatic rings. The molecule has 0 atom stereocenters. The lowest BCUT2D eigenvalue weighted by Gasteiger charge is -2.06. The summed E-state index contributed by atoms with van der Waals surface area (Å²) in [5.74, 6) is -0.377. The summed E-state index contributed by atoms with van der Waals surface area (Å²) in [7, 11) is 3.12. The highest BCUT2D eigenvalue weighted by Gasteiger charge is 2.07. The van der Waals surface area contributed by atoms with Gasteiger partial charge < -0.3 is 10.1 Å². The second-order valence-corrected chi connectivity index (χ2v) is 2.63. The third-order valence-electron chi connectivity index (χ3n) is 1.86. The highest BCUT2D eigenvalue weighted by molar-refractivity contribution is 5.91. The van der Waals surface area contributed by atoms with Crippen LogP contribution in [-0.2, 0) is 4.74 Å². The Bertz CT molecular complexity index is 361. The predicted molar refractivity (Wildman–Crippen MR) is 56.5 cm³/mol. The number of hydrogen-bond donors (Lipinski definition) is 1. The molecule has 0 amide bonds. The van der Waals surface area contributed by atoms with E-state index >= 15 is 0 Å². The van der Waals surface area contributed by atoms with Gasteiger partial charge >= 0.3 is 5.97 Å². The Kier molecular flexibility index (Phi) is 3.23. The molecule has 0 spiro atoms. The lowest BCUT2D eigenvalue weighted by atomic mass is 10.2. The number of aliphatic imine (C=N–C) groups is 1. The lowest BCUT2D eigenvalue weighted by molar-refractivity contribution is 0.0601. The van der Waals surface area contributed by atoms with Crippen LogP contribution >= 0.6 is 0 Å². The van der Waals surface area contributed by atoms with Crippen molar-refractivity contribution >= 4 is 24.1 Å². The number of nitrogens with one attached hydrogen (secondary N) is 1. The number of carbonyl (C=O) groups is 1. The van der Waals surface area contributed by atoms with Crippen molar-refractivity contribution in [3.63, 3.8) is 0 Å². The average molecular weight is 192 g/mol. The van der Waals surface area contributed by atoms with Gasteiger partial charge in [0.15, 0.2) is 0 Å². The van der Waals surface area contributed by atoms with Gasteiger partial charge in [0.25, 0.3) is 0 Å². The predicted octanol–water partition coefficient (Wildman–Crippen LogP) is 1.85. The monoisotopic (exact) mass is 192 g/mol. The van der Waals surface area contributed by atoms with Crippen LogP contribution in [0.15, 0.2) is 23.2 Å². The summed E-state index contributed by atoms with van der Waals surface area (Å²) in [5.41, 5.74) is 1.93. The van der Waals surface area contributed by atoms with Crippen LogP contribution in [0.4, 0.5) is 11.4 Å². The minimum Gasteiger partial charge on any atom is -0.465 e. The van der Waals surface area contributed by atoms with E-state index in [-0.39, 0.29) is 5.97 Å². The first kappa shape index (κ1) is 10.2. The van der Waals surface area contributed by atoms with E-state index in [0.29, 0.717) is 11.3 Å². The number of nitrogens with zero attached hydrogens (tertiary/aromatic N) is 1. The molecule has 0 aliphatic carbocycles. The van der Waals surface area contributed by atoms with Crippen molar-refractivity contribution in [3.8, 4) is 0 Å². The van der Waals surface area contributed by atoms with Crippen LogP contribution in [0.25, 0.3) is 0 Å². The van der Waals surface area contributed by atoms with E-state index in [1.165, 1.54) is 7.11 Å². The summed E-state index contributed by atoms with van der Waals surface area (Å²) in [6.07, 6.45) is 0. The third-order valence-corrected chi connectivity index (χ3v) is 1.86. The Morgan fingerprint density at radius 1 is 1.57 bits per heavy atom. The largest absolute Gasteiger partial charge is 0.465 e.